The molecule has 0 aromatic rings. The zero-order chi connectivity index (χ0) is 22.7. The first-order valence-electron chi connectivity index (χ1n) is 12.6. The maximum atomic E-state index is 12.9. The maximum absolute atomic E-state index is 12.9. The monoisotopic (exact) mass is 448 g/mol. The second kappa shape index (κ2) is 6.58. The third-order valence-electron chi connectivity index (χ3n) is 10.4. The van der Waals surface area contributed by atoms with Crippen molar-refractivity contribution in [3.63, 3.8) is 0 Å². The molecule has 0 unspecified atom stereocenters. The standard InChI is InChI=1S/C24H37BO7/c1-5-25-31-14-10-18-23(13-29-20(2,3)30-18)19-15(6-8-22(23,11-14)32-25)24(28)9-7-17(27)21(24,4)12-16(19)26/h14-16,18-19,26,28H,5-13H2,1-4H3/t14-,15+,16+,18+,19+,21+,22-,23+,24-/m0/s1. The molecule has 2 aliphatic heterocycles. The average Bonchev–Trinajstić information content (AvgIpc) is 2.95. The molecule has 7 nitrogen and oxygen atoms in total. The molecule has 2 heterocycles. The van der Waals surface area contributed by atoms with Crippen molar-refractivity contribution in [1.29, 1.82) is 0 Å². The second-order valence-corrected chi connectivity index (χ2v) is 12.1. The van der Waals surface area contributed by atoms with Gasteiger partial charge >= 0.3 is 7.12 Å². The van der Waals surface area contributed by atoms with Gasteiger partial charge in [-0.1, -0.05) is 6.92 Å². The molecule has 6 rings (SSSR count). The van der Waals surface area contributed by atoms with E-state index in [1.54, 1.807) is 0 Å². The lowest BCUT2D eigenvalue weighted by Crippen LogP contribution is -2.80. The summed E-state index contributed by atoms with van der Waals surface area (Å²) in [5.74, 6) is -1.08. The maximum Gasteiger partial charge on any atom is 0.457 e. The van der Waals surface area contributed by atoms with E-state index in [0.717, 1.165) is 32.0 Å². The average molecular weight is 448 g/mol. The highest BCUT2D eigenvalue weighted by atomic mass is 16.7. The smallest absolute Gasteiger partial charge is 0.408 e. The van der Waals surface area contributed by atoms with E-state index in [1.165, 1.54) is 0 Å². The summed E-state index contributed by atoms with van der Waals surface area (Å²) >= 11 is 0. The molecule has 4 aliphatic carbocycles. The number of rotatable bonds is 1. The molecule has 2 N–H and O–H groups in total. The van der Waals surface area contributed by atoms with Crippen LogP contribution in [-0.2, 0) is 23.6 Å². The van der Waals surface area contributed by atoms with E-state index >= 15 is 0 Å². The molecule has 32 heavy (non-hydrogen) atoms. The van der Waals surface area contributed by atoms with Crippen LogP contribution < -0.4 is 0 Å². The molecule has 2 saturated heterocycles. The van der Waals surface area contributed by atoms with Gasteiger partial charge in [-0.3, -0.25) is 4.79 Å². The molecule has 6 fully saturated rings. The molecule has 4 saturated carbocycles. The molecule has 8 heteroatoms. The van der Waals surface area contributed by atoms with Crippen LogP contribution in [0.15, 0.2) is 0 Å². The first kappa shape index (κ1) is 22.0. The second-order valence-electron chi connectivity index (χ2n) is 12.1. The molecule has 2 spiro atoms. The van der Waals surface area contributed by atoms with Gasteiger partial charge in [0.25, 0.3) is 0 Å². The Morgan fingerprint density at radius 2 is 1.97 bits per heavy atom. The first-order chi connectivity index (χ1) is 15.0. The fourth-order valence-electron chi connectivity index (χ4n) is 8.98. The predicted molar refractivity (Wildman–Crippen MR) is 116 cm³/mol. The summed E-state index contributed by atoms with van der Waals surface area (Å²) in [7, 11) is -0.278. The number of carbonyl (C=O) groups excluding carboxylic acids is 1. The Kier molecular flexibility index (Phi) is 4.52. The van der Waals surface area contributed by atoms with E-state index in [4.69, 9.17) is 18.8 Å². The molecule has 0 radical (unpaired) electrons. The number of hydrogen-bond donors (Lipinski definition) is 2. The molecule has 9 atom stereocenters. The van der Waals surface area contributed by atoms with Gasteiger partial charge < -0.3 is 29.0 Å². The summed E-state index contributed by atoms with van der Waals surface area (Å²) in [6.45, 7) is 8.24. The Bertz CT molecular complexity index is 835. The van der Waals surface area contributed by atoms with Gasteiger partial charge in [-0.2, -0.15) is 0 Å². The van der Waals surface area contributed by atoms with Crippen molar-refractivity contribution in [3.8, 4) is 0 Å². The number of aliphatic hydroxyl groups excluding tert-OH is 1. The minimum absolute atomic E-state index is 0.0550. The molecule has 0 amide bonds. The Balaban J connectivity index is 1.50. The third kappa shape index (κ3) is 2.47. The molecule has 2 bridgehead atoms. The molecule has 0 aromatic carbocycles. The van der Waals surface area contributed by atoms with Crippen LogP contribution in [0.3, 0.4) is 0 Å². The fraction of sp³-hybridized carbons (Fsp3) is 0.958. The van der Waals surface area contributed by atoms with Crippen molar-refractivity contribution in [2.45, 2.75) is 114 Å². The Morgan fingerprint density at radius 1 is 1.19 bits per heavy atom. The molecule has 6 aliphatic rings. The Labute approximate surface area is 190 Å². The van der Waals surface area contributed by atoms with Gasteiger partial charge in [-0.15, -0.1) is 0 Å². The van der Waals surface area contributed by atoms with Crippen LogP contribution >= 0.6 is 0 Å². The molecular weight excluding hydrogens is 411 g/mol. The van der Waals surface area contributed by atoms with E-state index < -0.39 is 33.9 Å². The van der Waals surface area contributed by atoms with Crippen LogP contribution in [0.5, 0.6) is 0 Å². The van der Waals surface area contributed by atoms with Crippen molar-refractivity contribution >= 4 is 12.9 Å². The zero-order valence-electron chi connectivity index (χ0n) is 19.8. The first-order valence-corrected chi connectivity index (χ1v) is 12.6. The third-order valence-corrected chi connectivity index (χ3v) is 10.4. The van der Waals surface area contributed by atoms with Crippen LogP contribution in [0.4, 0.5) is 0 Å². The quantitative estimate of drug-likeness (QED) is 0.596. The normalized spacial score (nSPS) is 56.1. The van der Waals surface area contributed by atoms with E-state index in [1.807, 2.05) is 20.8 Å². The summed E-state index contributed by atoms with van der Waals surface area (Å²) in [5, 5.41) is 23.8. The zero-order valence-corrected chi connectivity index (χ0v) is 19.8. The highest BCUT2D eigenvalue weighted by Gasteiger charge is 2.78. The van der Waals surface area contributed by atoms with Gasteiger partial charge in [0.1, 0.15) is 5.78 Å². The number of ether oxygens (including phenoxy) is 2. The van der Waals surface area contributed by atoms with Crippen LogP contribution in [0.1, 0.15) is 72.6 Å². The summed E-state index contributed by atoms with van der Waals surface area (Å²) < 4.78 is 25.9. The summed E-state index contributed by atoms with van der Waals surface area (Å²) in [5.41, 5.74) is -3.10. The van der Waals surface area contributed by atoms with Gasteiger partial charge in [0.2, 0.25) is 0 Å². The minimum atomic E-state index is -1.10. The lowest BCUT2D eigenvalue weighted by Gasteiger charge is -2.73. The summed E-state index contributed by atoms with van der Waals surface area (Å²) in [4.78, 5) is 12.9. The highest BCUT2D eigenvalue weighted by molar-refractivity contribution is 6.44. The van der Waals surface area contributed by atoms with E-state index in [-0.39, 0.29) is 43.4 Å². The molecular formula is C24H37BO7. The lowest BCUT2D eigenvalue weighted by molar-refractivity contribution is -0.403. The largest absolute Gasteiger partial charge is 0.457 e. The number of aliphatic hydroxyl groups is 2. The topological polar surface area (TPSA) is 94.5 Å². The molecule has 0 aromatic heterocycles. The van der Waals surface area contributed by atoms with Gasteiger partial charge in [0.15, 0.2) is 5.79 Å². The minimum Gasteiger partial charge on any atom is -0.408 e. The van der Waals surface area contributed by atoms with Crippen LogP contribution in [0, 0.1) is 22.7 Å². The Hall–Kier alpha value is -0.505. The van der Waals surface area contributed by atoms with E-state index in [9.17, 15) is 15.0 Å². The molecule has 178 valence electrons. The highest BCUT2D eigenvalue weighted by Crippen LogP contribution is 2.71. The van der Waals surface area contributed by atoms with Crippen LogP contribution in [0.2, 0.25) is 6.32 Å². The van der Waals surface area contributed by atoms with Crippen molar-refractivity contribution in [2.75, 3.05) is 6.61 Å². The lowest BCUT2D eigenvalue weighted by atomic mass is 9.40. The van der Waals surface area contributed by atoms with Gasteiger partial charge in [-0.05, 0) is 65.1 Å². The van der Waals surface area contributed by atoms with Crippen molar-refractivity contribution in [3.05, 3.63) is 0 Å². The van der Waals surface area contributed by atoms with Gasteiger partial charge in [-0.25, -0.2) is 0 Å². The summed E-state index contributed by atoms with van der Waals surface area (Å²) in [6.07, 6.45) is 4.02. The van der Waals surface area contributed by atoms with E-state index in [0.29, 0.717) is 19.4 Å². The SMILES string of the molecule is CCB1O[C@H]2C[C@H]3OC(C)(C)OC[C@]34[C@H]3[C@H](O)C[C@]5(C)C(=O)CC[C@]5(O)[C@@H]3CC[C@@]4(C2)O1. The van der Waals surface area contributed by atoms with Crippen LogP contribution in [-0.4, -0.2) is 65.0 Å². The number of hydrogen-bond acceptors (Lipinski definition) is 7. The van der Waals surface area contributed by atoms with Gasteiger partial charge in [0.05, 0.1) is 40.8 Å². The van der Waals surface area contributed by atoms with Crippen molar-refractivity contribution < 1.29 is 33.8 Å². The number of ketones is 1. The van der Waals surface area contributed by atoms with Crippen LogP contribution in [0.25, 0.3) is 0 Å². The Morgan fingerprint density at radius 3 is 2.72 bits per heavy atom. The van der Waals surface area contributed by atoms with Crippen molar-refractivity contribution in [2.24, 2.45) is 22.7 Å². The number of fused-ring (bicyclic) bond motifs is 4. The predicted octanol–water partition coefficient (Wildman–Crippen LogP) is 2.47. The van der Waals surface area contributed by atoms with Gasteiger partial charge in [0, 0.05) is 24.9 Å². The van der Waals surface area contributed by atoms with Crippen molar-refractivity contribution in [1.82, 2.24) is 0 Å². The summed E-state index contributed by atoms with van der Waals surface area (Å²) in [6, 6.07) is 0. The van der Waals surface area contributed by atoms with E-state index in [2.05, 4.69) is 6.92 Å². The fourth-order valence-corrected chi connectivity index (χ4v) is 8.98. The number of carbonyl (C=O) groups is 1. The number of Topliss-reactive ketones (excluding diaryl/α,β-unsaturated/α-hetero) is 1.